The number of aromatic nitrogens is 1. The van der Waals surface area contributed by atoms with Gasteiger partial charge in [0.05, 0.1) is 0 Å². The van der Waals surface area contributed by atoms with Crippen molar-refractivity contribution in [1.29, 1.82) is 0 Å². The minimum absolute atomic E-state index is 0.836. The van der Waals surface area contributed by atoms with Crippen molar-refractivity contribution in [1.82, 2.24) is 4.57 Å². The minimum atomic E-state index is 0.836. The predicted molar refractivity (Wildman–Crippen MR) is 108 cm³/mol. The smallest absolute Gasteiger partial charge is 0.0495 e. The fraction of sp³-hybridized carbons (Fsp3) is 0.0909. The van der Waals surface area contributed by atoms with Crippen molar-refractivity contribution >= 4 is 34.3 Å². The van der Waals surface area contributed by atoms with Gasteiger partial charge in [-0.25, -0.2) is 0 Å². The fourth-order valence-corrected chi connectivity index (χ4v) is 4.38. The number of nitrogens with zero attached hydrogens (tertiary/aromatic N) is 1. The van der Waals surface area contributed by atoms with Gasteiger partial charge >= 0.3 is 0 Å². The normalized spacial score (nSPS) is 11.1. The van der Waals surface area contributed by atoms with Gasteiger partial charge in [-0.2, -0.15) is 0 Å². The van der Waals surface area contributed by atoms with Crippen LogP contribution in [0.25, 0.3) is 10.9 Å². The van der Waals surface area contributed by atoms with E-state index in [9.17, 15) is 0 Å². The first-order valence-corrected chi connectivity index (χ1v) is 9.65. The van der Waals surface area contributed by atoms with Crippen molar-refractivity contribution in [3.05, 3.63) is 101 Å². The Balaban J connectivity index is 1.64. The van der Waals surface area contributed by atoms with E-state index in [1.807, 2.05) is 30.0 Å². The zero-order valence-electron chi connectivity index (χ0n) is 13.7. The Morgan fingerprint density at radius 2 is 1.52 bits per heavy atom. The topological polar surface area (TPSA) is 4.93 Å². The first-order chi connectivity index (χ1) is 12.3. The summed E-state index contributed by atoms with van der Waals surface area (Å²) in [5, 5.41) is 2.14. The van der Waals surface area contributed by atoms with E-state index in [0.717, 1.165) is 17.3 Å². The summed E-state index contributed by atoms with van der Waals surface area (Å²) in [4.78, 5) is 1.30. The van der Waals surface area contributed by atoms with Crippen LogP contribution < -0.4 is 0 Å². The maximum absolute atomic E-state index is 6.30. The molecule has 0 radical (unpaired) electrons. The molecular weight excluding hydrogens is 346 g/mol. The summed E-state index contributed by atoms with van der Waals surface area (Å²) in [6.45, 7) is 0.883. The zero-order valence-corrected chi connectivity index (χ0v) is 15.3. The lowest BCUT2D eigenvalue weighted by Crippen LogP contribution is -1.97. The molecule has 0 aliphatic rings. The maximum atomic E-state index is 6.30. The van der Waals surface area contributed by atoms with Crippen LogP contribution in [0.5, 0.6) is 0 Å². The highest BCUT2D eigenvalue weighted by Gasteiger charge is 2.10. The van der Waals surface area contributed by atoms with Crippen LogP contribution in [0.1, 0.15) is 11.1 Å². The quantitative estimate of drug-likeness (QED) is 0.360. The molecule has 1 aromatic heterocycles. The SMILES string of the molecule is Clc1ccccc1CSc1cn(Cc2ccccc2)c2ccccc12. The Morgan fingerprint density at radius 3 is 2.36 bits per heavy atom. The van der Waals surface area contributed by atoms with Crippen LogP contribution in [0.15, 0.2) is 90.0 Å². The molecule has 0 aliphatic carbocycles. The van der Waals surface area contributed by atoms with Crippen molar-refractivity contribution in [2.45, 2.75) is 17.2 Å². The van der Waals surface area contributed by atoms with Crippen molar-refractivity contribution in [2.24, 2.45) is 0 Å². The molecule has 1 nitrogen and oxygen atoms in total. The van der Waals surface area contributed by atoms with E-state index in [4.69, 9.17) is 11.6 Å². The van der Waals surface area contributed by atoms with E-state index in [-0.39, 0.29) is 0 Å². The van der Waals surface area contributed by atoms with E-state index in [1.165, 1.54) is 26.9 Å². The molecule has 0 N–H and O–H groups in total. The first-order valence-electron chi connectivity index (χ1n) is 8.29. The van der Waals surface area contributed by atoms with Gasteiger partial charge in [-0.1, -0.05) is 78.3 Å². The molecule has 3 aromatic carbocycles. The molecule has 0 unspecified atom stereocenters. The Hall–Kier alpha value is -2.16. The highest BCUT2D eigenvalue weighted by molar-refractivity contribution is 7.98. The van der Waals surface area contributed by atoms with Crippen molar-refractivity contribution < 1.29 is 0 Å². The lowest BCUT2D eigenvalue weighted by molar-refractivity contribution is 0.830. The van der Waals surface area contributed by atoms with Crippen LogP contribution >= 0.6 is 23.4 Å². The second kappa shape index (κ2) is 7.38. The van der Waals surface area contributed by atoms with Gasteiger partial charge < -0.3 is 4.57 Å². The molecule has 0 spiro atoms. The molecular formula is C22H18ClNS. The Labute approximate surface area is 157 Å². The standard InChI is InChI=1S/C22H18ClNS/c23-20-12-6-4-10-18(20)16-25-22-15-24(14-17-8-2-1-3-9-17)21-13-7-5-11-19(21)22/h1-13,15H,14,16H2. The summed E-state index contributed by atoms with van der Waals surface area (Å²) in [6.07, 6.45) is 2.26. The number of benzene rings is 3. The molecule has 0 aliphatic heterocycles. The Morgan fingerprint density at radius 1 is 0.800 bits per heavy atom. The van der Waals surface area contributed by atoms with Gasteiger partial charge in [0.25, 0.3) is 0 Å². The highest BCUT2D eigenvalue weighted by Crippen LogP contribution is 2.33. The van der Waals surface area contributed by atoms with Crippen LogP contribution in [-0.2, 0) is 12.3 Å². The van der Waals surface area contributed by atoms with Crippen molar-refractivity contribution in [2.75, 3.05) is 0 Å². The van der Waals surface area contributed by atoms with Crippen molar-refractivity contribution in [3.63, 3.8) is 0 Å². The van der Waals surface area contributed by atoms with E-state index >= 15 is 0 Å². The van der Waals surface area contributed by atoms with Crippen molar-refractivity contribution in [3.8, 4) is 0 Å². The van der Waals surface area contributed by atoms with Crippen LogP contribution in [0.3, 0.4) is 0 Å². The lowest BCUT2D eigenvalue weighted by atomic mass is 10.2. The molecule has 4 rings (SSSR count). The predicted octanol–water partition coefficient (Wildman–Crippen LogP) is 6.64. The molecule has 0 saturated heterocycles. The van der Waals surface area contributed by atoms with Crippen LogP contribution in [0.4, 0.5) is 0 Å². The average Bonchev–Trinajstić information content (AvgIpc) is 3.00. The van der Waals surface area contributed by atoms with Gasteiger partial charge in [0.15, 0.2) is 0 Å². The summed E-state index contributed by atoms with van der Waals surface area (Å²) in [5.74, 6) is 0.874. The molecule has 1 heterocycles. The van der Waals surface area contributed by atoms with E-state index < -0.39 is 0 Å². The first kappa shape index (κ1) is 16.3. The molecule has 3 heteroatoms. The molecule has 0 saturated carbocycles. The Kier molecular flexibility index (Phi) is 4.82. The molecule has 4 aromatic rings. The van der Waals surface area contributed by atoms with E-state index in [1.54, 1.807) is 0 Å². The molecule has 124 valence electrons. The number of hydrogen-bond donors (Lipinski definition) is 0. The van der Waals surface area contributed by atoms with Gasteiger partial charge in [0.2, 0.25) is 0 Å². The van der Waals surface area contributed by atoms with Gasteiger partial charge in [-0.3, -0.25) is 0 Å². The van der Waals surface area contributed by atoms with Gasteiger partial charge in [0, 0.05) is 39.3 Å². The fourth-order valence-electron chi connectivity index (χ4n) is 3.01. The van der Waals surface area contributed by atoms with Crippen LogP contribution in [0.2, 0.25) is 5.02 Å². The number of hydrogen-bond acceptors (Lipinski definition) is 1. The number of halogens is 1. The third-order valence-corrected chi connectivity index (χ3v) is 5.75. The van der Waals surface area contributed by atoms with E-state index in [0.29, 0.717) is 0 Å². The number of rotatable bonds is 5. The molecule has 0 amide bonds. The van der Waals surface area contributed by atoms with E-state index in [2.05, 4.69) is 71.4 Å². The summed E-state index contributed by atoms with van der Waals surface area (Å²) < 4.78 is 2.33. The second-order valence-corrected chi connectivity index (χ2v) is 7.43. The summed E-state index contributed by atoms with van der Waals surface area (Å²) in [6, 6.07) is 27.3. The third kappa shape index (κ3) is 3.60. The summed E-state index contributed by atoms with van der Waals surface area (Å²) in [7, 11) is 0. The summed E-state index contributed by atoms with van der Waals surface area (Å²) >= 11 is 8.15. The largest absolute Gasteiger partial charge is 0.342 e. The van der Waals surface area contributed by atoms with Crippen LogP contribution in [0, 0.1) is 0 Å². The van der Waals surface area contributed by atoms with Crippen LogP contribution in [-0.4, -0.2) is 4.57 Å². The highest BCUT2D eigenvalue weighted by atomic mass is 35.5. The minimum Gasteiger partial charge on any atom is -0.342 e. The second-order valence-electron chi connectivity index (χ2n) is 6.00. The van der Waals surface area contributed by atoms with Gasteiger partial charge in [0.1, 0.15) is 0 Å². The Bertz CT molecular complexity index is 991. The summed E-state index contributed by atoms with van der Waals surface area (Å²) in [5.41, 5.74) is 3.76. The average molecular weight is 364 g/mol. The molecule has 25 heavy (non-hydrogen) atoms. The third-order valence-electron chi connectivity index (χ3n) is 4.29. The van der Waals surface area contributed by atoms with Gasteiger partial charge in [-0.05, 0) is 23.3 Å². The number of thioether (sulfide) groups is 1. The molecule has 0 bridgehead atoms. The number of fused-ring (bicyclic) bond motifs is 1. The van der Waals surface area contributed by atoms with Gasteiger partial charge in [-0.15, -0.1) is 11.8 Å². The molecule has 0 atom stereocenters. The molecule has 0 fully saturated rings. The zero-order chi connectivity index (χ0) is 17.1. The lowest BCUT2D eigenvalue weighted by Gasteiger charge is -2.05. The maximum Gasteiger partial charge on any atom is 0.0495 e. The monoisotopic (exact) mass is 363 g/mol. The number of para-hydroxylation sites is 1.